The third-order valence-corrected chi connectivity index (χ3v) is 6.15. The van der Waals surface area contributed by atoms with Crippen LogP contribution < -0.4 is 14.2 Å². The lowest BCUT2D eigenvalue weighted by Crippen LogP contribution is -2.35. The van der Waals surface area contributed by atoms with E-state index in [1.54, 1.807) is 14.2 Å². The summed E-state index contributed by atoms with van der Waals surface area (Å²) >= 11 is 0. The molecule has 6 nitrogen and oxygen atoms in total. The van der Waals surface area contributed by atoms with Crippen LogP contribution in [-0.2, 0) is 16.0 Å². The highest BCUT2D eigenvalue weighted by Crippen LogP contribution is 2.45. The van der Waals surface area contributed by atoms with Gasteiger partial charge in [-0.05, 0) is 56.4 Å². The maximum Gasteiger partial charge on any atom is 0.315 e. The van der Waals surface area contributed by atoms with Crippen molar-refractivity contribution in [1.29, 1.82) is 0 Å². The molecule has 0 spiro atoms. The van der Waals surface area contributed by atoms with Crippen molar-refractivity contribution in [2.45, 2.75) is 59.5 Å². The van der Waals surface area contributed by atoms with Gasteiger partial charge in [0.15, 0.2) is 17.3 Å². The second-order valence-corrected chi connectivity index (χ2v) is 8.99. The Kier molecular flexibility index (Phi) is 7.67. The van der Waals surface area contributed by atoms with Gasteiger partial charge in [-0.2, -0.15) is 0 Å². The van der Waals surface area contributed by atoms with Crippen molar-refractivity contribution >= 4 is 11.8 Å². The first-order chi connectivity index (χ1) is 15.7. The highest BCUT2D eigenvalue weighted by molar-refractivity contribution is 6.01. The number of hydrogen-bond donors (Lipinski definition) is 0. The number of rotatable bonds is 10. The number of esters is 1. The SMILES string of the molecule is CCC(CC)OC(=O)C(C)(C)COc1c(-c2ccc3c(c2)CCC3=O)ccc(OC)c1OC. The molecule has 0 bridgehead atoms. The standard InChI is InChI=1S/C27H34O6/c1-7-19(8-2)33-26(29)27(3,4)16-32-24-21(12-14-23(30-5)25(24)31-6)18-9-11-20-17(15-18)10-13-22(20)28/h9,11-12,14-15,19H,7-8,10,13,16H2,1-6H3. The molecule has 2 aromatic rings. The molecule has 2 aromatic carbocycles. The number of aryl methyl sites for hydroxylation is 1. The second kappa shape index (κ2) is 10.3. The fraction of sp³-hybridized carbons (Fsp3) is 0.481. The van der Waals surface area contributed by atoms with Gasteiger partial charge in [-0.1, -0.05) is 32.0 Å². The summed E-state index contributed by atoms with van der Waals surface area (Å²) in [5.74, 6) is 1.36. The van der Waals surface area contributed by atoms with Crippen LogP contribution in [0.3, 0.4) is 0 Å². The van der Waals surface area contributed by atoms with Crippen LogP contribution in [0, 0.1) is 5.41 Å². The molecule has 1 aliphatic rings. The summed E-state index contributed by atoms with van der Waals surface area (Å²) in [7, 11) is 3.13. The Labute approximate surface area is 196 Å². The molecule has 1 aliphatic carbocycles. The number of ether oxygens (including phenoxy) is 4. The van der Waals surface area contributed by atoms with E-state index in [0.29, 0.717) is 23.7 Å². The van der Waals surface area contributed by atoms with Crippen LogP contribution >= 0.6 is 0 Å². The zero-order valence-electron chi connectivity index (χ0n) is 20.4. The molecule has 0 aliphatic heterocycles. The summed E-state index contributed by atoms with van der Waals surface area (Å²) in [5, 5.41) is 0. The minimum Gasteiger partial charge on any atom is -0.493 e. The molecule has 0 amide bonds. The van der Waals surface area contributed by atoms with Crippen LogP contribution in [0.15, 0.2) is 30.3 Å². The van der Waals surface area contributed by atoms with E-state index in [0.717, 1.165) is 41.5 Å². The number of fused-ring (bicyclic) bond motifs is 1. The van der Waals surface area contributed by atoms with Crippen molar-refractivity contribution in [1.82, 2.24) is 0 Å². The van der Waals surface area contributed by atoms with Crippen molar-refractivity contribution in [3.63, 3.8) is 0 Å². The van der Waals surface area contributed by atoms with Crippen molar-refractivity contribution in [3.8, 4) is 28.4 Å². The number of Topliss-reactive ketones (excluding diaryl/α,β-unsaturated/α-hetero) is 1. The molecule has 3 rings (SSSR count). The zero-order chi connectivity index (χ0) is 24.2. The van der Waals surface area contributed by atoms with Gasteiger partial charge in [0.05, 0.1) is 19.6 Å². The molecular formula is C27H34O6. The molecule has 0 heterocycles. The normalized spacial score (nSPS) is 13.1. The number of hydrogen-bond acceptors (Lipinski definition) is 6. The monoisotopic (exact) mass is 454 g/mol. The quantitative estimate of drug-likeness (QED) is 0.433. The van der Waals surface area contributed by atoms with Crippen LogP contribution in [-0.4, -0.2) is 38.7 Å². The average molecular weight is 455 g/mol. The minimum absolute atomic E-state index is 0.103. The predicted octanol–water partition coefficient (Wildman–Crippen LogP) is 5.64. The van der Waals surface area contributed by atoms with Gasteiger partial charge in [0.1, 0.15) is 12.7 Å². The average Bonchev–Trinajstić information content (AvgIpc) is 3.20. The van der Waals surface area contributed by atoms with E-state index in [1.165, 1.54) is 0 Å². The maximum absolute atomic E-state index is 12.8. The summed E-state index contributed by atoms with van der Waals surface area (Å²) in [4.78, 5) is 24.9. The van der Waals surface area contributed by atoms with Gasteiger partial charge in [-0.25, -0.2) is 0 Å². The van der Waals surface area contributed by atoms with Crippen LogP contribution in [0.25, 0.3) is 11.1 Å². The number of carbonyl (C=O) groups excluding carboxylic acids is 2. The lowest BCUT2D eigenvalue weighted by atomic mass is 9.94. The second-order valence-electron chi connectivity index (χ2n) is 8.99. The van der Waals surface area contributed by atoms with Gasteiger partial charge < -0.3 is 18.9 Å². The molecule has 0 radical (unpaired) electrons. The maximum atomic E-state index is 12.8. The smallest absolute Gasteiger partial charge is 0.315 e. The summed E-state index contributed by atoms with van der Waals surface area (Å²) in [5.41, 5.74) is 2.67. The van der Waals surface area contributed by atoms with E-state index in [-0.39, 0.29) is 24.5 Å². The molecule has 0 atom stereocenters. The Hall–Kier alpha value is -3.02. The summed E-state index contributed by atoms with van der Waals surface area (Å²) in [6, 6.07) is 9.55. The lowest BCUT2D eigenvalue weighted by Gasteiger charge is -2.27. The van der Waals surface area contributed by atoms with Crippen LogP contribution in [0.4, 0.5) is 0 Å². The van der Waals surface area contributed by atoms with Crippen molar-refractivity contribution in [3.05, 3.63) is 41.5 Å². The molecule has 0 N–H and O–H groups in total. The van der Waals surface area contributed by atoms with Gasteiger partial charge in [-0.3, -0.25) is 9.59 Å². The molecule has 0 fully saturated rings. The van der Waals surface area contributed by atoms with E-state index in [9.17, 15) is 9.59 Å². The summed E-state index contributed by atoms with van der Waals surface area (Å²) in [6.07, 6.45) is 2.72. The Balaban J connectivity index is 1.95. The van der Waals surface area contributed by atoms with E-state index >= 15 is 0 Å². The number of methoxy groups -OCH3 is 2. The van der Waals surface area contributed by atoms with E-state index in [1.807, 2.05) is 58.0 Å². The Morgan fingerprint density at radius 3 is 2.30 bits per heavy atom. The molecule has 33 heavy (non-hydrogen) atoms. The van der Waals surface area contributed by atoms with Crippen LogP contribution in [0.2, 0.25) is 0 Å². The van der Waals surface area contributed by atoms with Crippen molar-refractivity contribution in [2.75, 3.05) is 20.8 Å². The third-order valence-electron chi connectivity index (χ3n) is 6.15. The molecule has 6 heteroatoms. The number of carbonyl (C=O) groups is 2. The molecule has 0 unspecified atom stereocenters. The van der Waals surface area contributed by atoms with Crippen molar-refractivity contribution in [2.24, 2.45) is 5.41 Å². The van der Waals surface area contributed by atoms with Gasteiger partial charge in [0, 0.05) is 17.5 Å². The topological polar surface area (TPSA) is 71.1 Å². The zero-order valence-corrected chi connectivity index (χ0v) is 20.4. The Bertz CT molecular complexity index is 1020. The molecular weight excluding hydrogens is 420 g/mol. The van der Waals surface area contributed by atoms with E-state index in [2.05, 4.69) is 0 Å². The number of benzene rings is 2. The predicted molar refractivity (Wildman–Crippen MR) is 127 cm³/mol. The largest absolute Gasteiger partial charge is 0.493 e. The third kappa shape index (κ3) is 5.15. The van der Waals surface area contributed by atoms with Gasteiger partial charge >= 0.3 is 5.97 Å². The first-order valence-electron chi connectivity index (χ1n) is 11.5. The molecule has 0 aromatic heterocycles. The van der Waals surface area contributed by atoms with Crippen LogP contribution in [0.5, 0.6) is 17.2 Å². The molecule has 178 valence electrons. The fourth-order valence-corrected chi connectivity index (χ4v) is 3.97. The molecule has 0 saturated heterocycles. The highest BCUT2D eigenvalue weighted by atomic mass is 16.6. The van der Waals surface area contributed by atoms with Gasteiger partial charge in [-0.15, -0.1) is 0 Å². The minimum atomic E-state index is -0.863. The fourth-order valence-electron chi connectivity index (χ4n) is 3.97. The summed E-state index contributed by atoms with van der Waals surface area (Å²) in [6.45, 7) is 7.73. The first-order valence-corrected chi connectivity index (χ1v) is 11.5. The van der Waals surface area contributed by atoms with Gasteiger partial charge in [0.2, 0.25) is 5.75 Å². The Morgan fingerprint density at radius 2 is 1.67 bits per heavy atom. The lowest BCUT2D eigenvalue weighted by molar-refractivity contribution is -0.161. The Morgan fingerprint density at radius 1 is 0.970 bits per heavy atom. The highest BCUT2D eigenvalue weighted by Gasteiger charge is 2.33. The van der Waals surface area contributed by atoms with Crippen molar-refractivity contribution < 1.29 is 28.5 Å². The van der Waals surface area contributed by atoms with Crippen LogP contribution in [0.1, 0.15) is 62.9 Å². The van der Waals surface area contributed by atoms with E-state index < -0.39 is 5.41 Å². The molecule has 0 saturated carbocycles. The summed E-state index contributed by atoms with van der Waals surface area (Å²) < 4.78 is 23.1. The number of ketones is 1. The van der Waals surface area contributed by atoms with Gasteiger partial charge in [0.25, 0.3) is 0 Å². The first kappa shape index (κ1) is 24.6. The van der Waals surface area contributed by atoms with E-state index in [4.69, 9.17) is 18.9 Å².